The maximum atomic E-state index is 9.13. The van der Waals surface area contributed by atoms with Crippen molar-refractivity contribution < 1.29 is 10.2 Å². The Morgan fingerprint density at radius 3 is 2.08 bits per heavy atom. The summed E-state index contributed by atoms with van der Waals surface area (Å²) >= 11 is 0.815. The minimum atomic E-state index is -1.86. The van der Waals surface area contributed by atoms with Gasteiger partial charge in [-0.3, -0.25) is 0 Å². The lowest BCUT2D eigenvalue weighted by atomic mass is 10.3. The maximum absolute atomic E-state index is 9.13. The third-order valence-corrected chi connectivity index (χ3v) is 2.43. The Balaban J connectivity index is 3.00. The molecule has 0 radical (unpaired) electrons. The van der Waals surface area contributed by atoms with E-state index in [1.165, 1.54) is 6.92 Å². The average Bonchev–Trinajstić information content (AvgIpc) is 1.95. The van der Waals surface area contributed by atoms with Gasteiger partial charge in [0, 0.05) is 18.3 Å². The molecule has 0 bridgehead atoms. The van der Waals surface area contributed by atoms with E-state index >= 15 is 0 Å². The van der Waals surface area contributed by atoms with Crippen LogP contribution in [0, 0.1) is 0 Å². The molecule has 0 atom stereocenters. The van der Waals surface area contributed by atoms with E-state index < -0.39 is 5.12 Å². The Bertz CT molecular complexity index is 289. The van der Waals surface area contributed by atoms with Crippen molar-refractivity contribution >= 4 is 23.1 Å². The fourth-order valence-electron chi connectivity index (χ4n) is 0.885. The Kier molecular flexibility index (Phi) is 2.70. The van der Waals surface area contributed by atoms with Gasteiger partial charge in [-0.25, -0.2) is 0 Å². The molecule has 0 aromatic heterocycles. The molecule has 13 heavy (non-hydrogen) atoms. The monoisotopic (exact) mass is 200 g/mol. The van der Waals surface area contributed by atoms with Gasteiger partial charge in [0.2, 0.25) is 5.12 Å². The molecule has 0 saturated heterocycles. The van der Waals surface area contributed by atoms with Gasteiger partial charge in [-0.15, -0.1) is 0 Å². The van der Waals surface area contributed by atoms with Gasteiger partial charge in [0.25, 0.3) is 0 Å². The topological polar surface area (TPSA) is 92.5 Å². The number of hydrogen-bond donors (Lipinski definition) is 4. The molecule has 0 heterocycles. The second-order valence-corrected chi connectivity index (χ2v) is 4.19. The first-order chi connectivity index (χ1) is 5.90. The number of benzene rings is 1. The van der Waals surface area contributed by atoms with Gasteiger partial charge < -0.3 is 21.7 Å². The molecule has 0 aliphatic carbocycles. The Morgan fingerprint density at radius 1 is 1.23 bits per heavy atom. The summed E-state index contributed by atoms with van der Waals surface area (Å²) in [6, 6.07) is 5.02. The molecular formula is C8H12N2O2S. The van der Waals surface area contributed by atoms with Gasteiger partial charge in [0.15, 0.2) is 0 Å². The first kappa shape index (κ1) is 10.2. The molecule has 5 heteroatoms. The number of hydrogen-bond acceptors (Lipinski definition) is 5. The fraction of sp³-hybridized carbons (Fsp3) is 0.250. The molecule has 0 amide bonds. The second-order valence-electron chi connectivity index (χ2n) is 2.80. The van der Waals surface area contributed by atoms with Crippen molar-refractivity contribution in [2.45, 2.75) is 16.9 Å². The molecule has 1 rings (SSSR count). The quantitative estimate of drug-likeness (QED) is 0.319. The Hall–Kier alpha value is -0.910. The normalized spacial score (nSPS) is 11.6. The number of thioether (sulfide) groups is 1. The molecule has 1 aromatic carbocycles. The molecule has 0 fully saturated rings. The molecule has 1 aromatic rings. The highest BCUT2D eigenvalue weighted by Gasteiger charge is 2.19. The third kappa shape index (κ3) is 2.80. The van der Waals surface area contributed by atoms with E-state index in [4.69, 9.17) is 21.7 Å². The van der Waals surface area contributed by atoms with Crippen molar-refractivity contribution in [1.82, 2.24) is 0 Å². The van der Waals surface area contributed by atoms with Crippen molar-refractivity contribution in [3.05, 3.63) is 18.2 Å². The van der Waals surface area contributed by atoms with E-state index in [0.717, 1.165) is 11.8 Å². The van der Waals surface area contributed by atoms with Crippen LogP contribution in [0.2, 0.25) is 0 Å². The van der Waals surface area contributed by atoms with Crippen LogP contribution >= 0.6 is 11.8 Å². The van der Waals surface area contributed by atoms with E-state index in [9.17, 15) is 0 Å². The largest absolute Gasteiger partial charge is 0.398 e. The van der Waals surface area contributed by atoms with Crippen LogP contribution in [0.25, 0.3) is 0 Å². The van der Waals surface area contributed by atoms with Gasteiger partial charge in [0.05, 0.1) is 4.90 Å². The molecule has 0 saturated carbocycles. The Morgan fingerprint density at radius 2 is 1.69 bits per heavy atom. The lowest BCUT2D eigenvalue weighted by Gasteiger charge is -2.17. The smallest absolute Gasteiger partial charge is 0.214 e. The van der Waals surface area contributed by atoms with Gasteiger partial charge in [0.1, 0.15) is 0 Å². The zero-order valence-corrected chi connectivity index (χ0v) is 8.01. The summed E-state index contributed by atoms with van der Waals surface area (Å²) in [6.45, 7) is 1.25. The van der Waals surface area contributed by atoms with Crippen LogP contribution in [0.1, 0.15) is 6.92 Å². The van der Waals surface area contributed by atoms with Gasteiger partial charge in [-0.1, -0.05) is 17.8 Å². The predicted molar refractivity (Wildman–Crippen MR) is 54.0 cm³/mol. The summed E-state index contributed by atoms with van der Waals surface area (Å²) in [6.07, 6.45) is 0. The van der Waals surface area contributed by atoms with Gasteiger partial charge in [-0.05, 0) is 12.1 Å². The summed E-state index contributed by atoms with van der Waals surface area (Å²) in [5.74, 6) is 0. The highest BCUT2D eigenvalue weighted by atomic mass is 32.2. The molecule has 4 nitrogen and oxygen atoms in total. The third-order valence-electron chi connectivity index (χ3n) is 1.37. The Labute approximate surface area is 80.6 Å². The van der Waals surface area contributed by atoms with Crippen LogP contribution in [0.5, 0.6) is 0 Å². The van der Waals surface area contributed by atoms with Crippen LogP contribution < -0.4 is 11.5 Å². The van der Waals surface area contributed by atoms with Crippen LogP contribution in [-0.2, 0) is 0 Å². The van der Waals surface area contributed by atoms with E-state index in [2.05, 4.69) is 0 Å². The van der Waals surface area contributed by atoms with E-state index in [0.29, 0.717) is 16.3 Å². The van der Waals surface area contributed by atoms with Crippen molar-refractivity contribution in [2.75, 3.05) is 11.5 Å². The van der Waals surface area contributed by atoms with Crippen molar-refractivity contribution in [3.8, 4) is 0 Å². The SMILES string of the molecule is CC(O)(O)Sc1c(N)cccc1N. The first-order valence-corrected chi connectivity index (χ1v) is 4.49. The predicted octanol–water partition coefficient (Wildman–Crippen LogP) is 0.601. The zero-order valence-electron chi connectivity index (χ0n) is 7.19. The zero-order chi connectivity index (χ0) is 10.1. The summed E-state index contributed by atoms with van der Waals surface area (Å²) in [5.41, 5.74) is 12.1. The number of nitrogens with two attached hydrogens (primary N) is 2. The summed E-state index contributed by atoms with van der Waals surface area (Å²) < 4.78 is 0. The number of anilines is 2. The molecule has 0 spiro atoms. The van der Waals surface area contributed by atoms with Crippen LogP contribution in [0.15, 0.2) is 23.1 Å². The average molecular weight is 200 g/mol. The fourth-order valence-corrected chi connectivity index (χ4v) is 1.64. The molecule has 6 N–H and O–H groups in total. The van der Waals surface area contributed by atoms with E-state index in [-0.39, 0.29) is 0 Å². The molecule has 0 aliphatic rings. The summed E-state index contributed by atoms with van der Waals surface area (Å²) in [5, 5.41) is 16.4. The number of aliphatic hydroxyl groups is 2. The molecular weight excluding hydrogens is 188 g/mol. The minimum Gasteiger partial charge on any atom is -0.398 e. The van der Waals surface area contributed by atoms with Crippen molar-refractivity contribution in [3.63, 3.8) is 0 Å². The van der Waals surface area contributed by atoms with Crippen LogP contribution in [-0.4, -0.2) is 15.3 Å². The van der Waals surface area contributed by atoms with Crippen LogP contribution in [0.4, 0.5) is 11.4 Å². The molecule has 72 valence electrons. The lowest BCUT2D eigenvalue weighted by Crippen LogP contribution is -2.17. The highest BCUT2D eigenvalue weighted by Crippen LogP contribution is 2.36. The van der Waals surface area contributed by atoms with Crippen LogP contribution in [0.3, 0.4) is 0 Å². The maximum Gasteiger partial charge on any atom is 0.214 e. The van der Waals surface area contributed by atoms with E-state index in [1.807, 2.05) is 0 Å². The van der Waals surface area contributed by atoms with Crippen molar-refractivity contribution in [1.29, 1.82) is 0 Å². The number of rotatable bonds is 2. The summed E-state index contributed by atoms with van der Waals surface area (Å²) in [4.78, 5) is 0.495. The number of nitrogen functional groups attached to an aromatic ring is 2. The molecule has 0 aliphatic heterocycles. The van der Waals surface area contributed by atoms with E-state index in [1.54, 1.807) is 18.2 Å². The minimum absolute atomic E-state index is 0.444. The molecule has 0 unspecified atom stereocenters. The second kappa shape index (κ2) is 3.45. The van der Waals surface area contributed by atoms with Gasteiger partial charge in [-0.2, -0.15) is 0 Å². The standard InChI is InChI=1S/C8H12N2O2S/c1-8(11,12)13-7-5(9)3-2-4-6(7)10/h2-4,11-12H,9-10H2,1H3. The lowest BCUT2D eigenvalue weighted by molar-refractivity contribution is -0.0588. The summed E-state index contributed by atoms with van der Waals surface area (Å²) in [7, 11) is 0. The van der Waals surface area contributed by atoms with Crippen molar-refractivity contribution in [2.24, 2.45) is 0 Å². The highest BCUT2D eigenvalue weighted by molar-refractivity contribution is 8.00. The van der Waals surface area contributed by atoms with Gasteiger partial charge >= 0.3 is 0 Å². The first-order valence-electron chi connectivity index (χ1n) is 3.68.